The number of aromatic nitrogens is 1. The molecule has 0 fully saturated rings. The van der Waals surface area contributed by atoms with Crippen LogP contribution in [0.4, 0.5) is 10.1 Å². The number of nitrogens with one attached hydrogen (secondary N) is 1. The molecule has 0 radical (unpaired) electrons. The number of thiazole rings is 1. The van der Waals surface area contributed by atoms with Crippen LogP contribution in [0, 0.1) is 5.82 Å². The van der Waals surface area contributed by atoms with E-state index in [4.69, 9.17) is 11.6 Å². The van der Waals surface area contributed by atoms with Gasteiger partial charge in [0.05, 0.1) is 22.8 Å². The van der Waals surface area contributed by atoms with Crippen molar-refractivity contribution < 1.29 is 4.39 Å². The minimum absolute atomic E-state index is 0.300. The van der Waals surface area contributed by atoms with Gasteiger partial charge in [-0.3, -0.25) is 4.98 Å². The van der Waals surface area contributed by atoms with Gasteiger partial charge in [-0.05, 0) is 18.2 Å². The van der Waals surface area contributed by atoms with Crippen LogP contribution in [0.15, 0.2) is 29.9 Å². The zero-order chi connectivity index (χ0) is 10.7. The summed E-state index contributed by atoms with van der Waals surface area (Å²) in [7, 11) is 0. The van der Waals surface area contributed by atoms with Crippen LogP contribution in [0.5, 0.6) is 0 Å². The Kier molecular flexibility index (Phi) is 3.18. The summed E-state index contributed by atoms with van der Waals surface area (Å²) in [6, 6.07) is 4.25. The minimum Gasteiger partial charge on any atom is -0.379 e. The number of halogens is 2. The van der Waals surface area contributed by atoms with Crippen molar-refractivity contribution in [2.24, 2.45) is 0 Å². The molecule has 0 unspecified atom stereocenters. The first-order valence-electron chi connectivity index (χ1n) is 4.32. The van der Waals surface area contributed by atoms with Gasteiger partial charge in [-0.2, -0.15) is 0 Å². The number of benzene rings is 1. The lowest BCUT2D eigenvalue weighted by Crippen LogP contribution is -1.98. The zero-order valence-electron chi connectivity index (χ0n) is 7.71. The lowest BCUT2D eigenvalue weighted by molar-refractivity contribution is 0.628. The molecule has 1 heterocycles. The first-order valence-corrected chi connectivity index (χ1v) is 5.58. The molecule has 2 nitrogen and oxygen atoms in total. The molecule has 1 aromatic carbocycles. The Hall–Kier alpha value is -1.13. The molecule has 2 aromatic rings. The highest BCUT2D eigenvalue weighted by molar-refractivity contribution is 7.09. The quantitative estimate of drug-likeness (QED) is 0.891. The Morgan fingerprint density at radius 1 is 1.47 bits per heavy atom. The normalized spacial score (nSPS) is 10.3. The van der Waals surface area contributed by atoms with E-state index < -0.39 is 0 Å². The van der Waals surface area contributed by atoms with Crippen molar-refractivity contribution in [2.75, 3.05) is 5.32 Å². The number of nitrogens with zero attached hydrogens (tertiary/aromatic N) is 1. The Bertz CT molecular complexity index is 445. The van der Waals surface area contributed by atoms with E-state index >= 15 is 0 Å². The molecule has 1 N–H and O–H groups in total. The third kappa shape index (κ3) is 2.67. The Labute approximate surface area is 95.7 Å². The fraction of sp³-hybridized carbons (Fsp3) is 0.100. The molecule has 78 valence electrons. The molecule has 0 spiro atoms. The molecule has 0 bridgehead atoms. The van der Waals surface area contributed by atoms with Crippen molar-refractivity contribution in [3.8, 4) is 0 Å². The van der Waals surface area contributed by atoms with Gasteiger partial charge in [-0.25, -0.2) is 4.39 Å². The highest BCUT2D eigenvalue weighted by Crippen LogP contribution is 2.23. The van der Waals surface area contributed by atoms with Crippen LogP contribution in [-0.4, -0.2) is 4.98 Å². The molecule has 15 heavy (non-hydrogen) atoms. The molecule has 2 rings (SSSR count). The van der Waals surface area contributed by atoms with Gasteiger partial charge in [0.15, 0.2) is 0 Å². The predicted octanol–water partition coefficient (Wildman–Crippen LogP) is 3.55. The third-order valence-corrected chi connectivity index (χ3v) is 2.97. The number of hydrogen-bond donors (Lipinski definition) is 1. The van der Waals surface area contributed by atoms with Crippen LogP contribution >= 0.6 is 22.9 Å². The molecular weight excluding hydrogens is 235 g/mol. The van der Waals surface area contributed by atoms with E-state index in [1.165, 1.54) is 18.2 Å². The van der Waals surface area contributed by atoms with E-state index in [0.29, 0.717) is 17.3 Å². The molecule has 0 atom stereocenters. The van der Waals surface area contributed by atoms with Crippen LogP contribution in [0.1, 0.15) is 4.88 Å². The second-order valence-corrected chi connectivity index (χ2v) is 4.32. The summed E-state index contributed by atoms with van der Waals surface area (Å²) < 4.78 is 12.9. The van der Waals surface area contributed by atoms with E-state index in [9.17, 15) is 4.39 Å². The highest BCUT2D eigenvalue weighted by atomic mass is 35.5. The Balaban J connectivity index is 2.07. The summed E-state index contributed by atoms with van der Waals surface area (Å²) in [5.41, 5.74) is 2.36. The second-order valence-electron chi connectivity index (χ2n) is 2.95. The van der Waals surface area contributed by atoms with Gasteiger partial charge < -0.3 is 5.32 Å². The summed E-state index contributed by atoms with van der Waals surface area (Å²) in [5.74, 6) is -0.300. The average Bonchev–Trinajstić information content (AvgIpc) is 2.72. The summed E-state index contributed by atoms with van der Waals surface area (Å²) in [4.78, 5) is 5.02. The van der Waals surface area contributed by atoms with E-state index in [1.807, 2.05) is 0 Å². The molecule has 0 aliphatic rings. The third-order valence-electron chi connectivity index (χ3n) is 1.86. The first-order chi connectivity index (χ1) is 7.25. The number of hydrogen-bond acceptors (Lipinski definition) is 3. The van der Waals surface area contributed by atoms with Crippen molar-refractivity contribution in [1.29, 1.82) is 0 Å². The van der Waals surface area contributed by atoms with Crippen molar-refractivity contribution in [3.05, 3.63) is 45.6 Å². The van der Waals surface area contributed by atoms with Crippen LogP contribution in [0.2, 0.25) is 5.02 Å². The van der Waals surface area contributed by atoms with Crippen molar-refractivity contribution in [3.63, 3.8) is 0 Å². The summed E-state index contributed by atoms with van der Waals surface area (Å²) >= 11 is 7.44. The largest absolute Gasteiger partial charge is 0.379 e. The van der Waals surface area contributed by atoms with E-state index in [-0.39, 0.29) is 5.82 Å². The molecular formula is C10H8ClFN2S. The fourth-order valence-corrected chi connectivity index (χ4v) is 1.86. The Morgan fingerprint density at radius 2 is 2.33 bits per heavy atom. The van der Waals surface area contributed by atoms with Gasteiger partial charge >= 0.3 is 0 Å². The maximum absolute atomic E-state index is 12.9. The van der Waals surface area contributed by atoms with Gasteiger partial charge in [0.1, 0.15) is 5.82 Å². The zero-order valence-corrected chi connectivity index (χ0v) is 9.28. The first kappa shape index (κ1) is 10.4. The van der Waals surface area contributed by atoms with Gasteiger partial charge in [0, 0.05) is 11.1 Å². The van der Waals surface area contributed by atoms with Gasteiger partial charge in [-0.15, -0.1) is 11.3 Å². The molecule has 0 saturated carbocycles. The van der Waals surface area contributed by atoms with E-state index in [1.54, 1.807) is 23.0 Å². The highest BCUT2D eigenvalue weighted by Gasteiger charge is 2.02. The average molecular weight is 243 g/mol. The molecule has 0 aliphatic heterocycles. The number of rotatable bonds is 3. The lowest BCUT2D eigenvalue weighted by Gasteiger charge is -2.06. The van der Waals surface area contributed by atoms with Gasteiger partial charge in [-0.1, -0.05) is 11.6 Å². The topological polar surface area (TPSA) is 24.9 Å². The molecule has 1 aromatic heterocycles. The standard InChI is InChI=1S/C10H8ClFN2S/c11-9-2-1-7(12)3-10(9)14-5-8-4-13-6-15-8/h1-4,6,14H,5H2. The van der Waals surface area contributed by atoms with Crippen molar-refractivity contribution >= 4 is 28.6 Å². The van der Waals surface area contributed by atoms with Crippen LogP contribution < -0.4 is 5.32 Å². The summed E-state index contributed by atoms with van der Waals surface area (Å²) in [6.45, 7) is 0.605. The molecule has 5 heteroatoms. The van der Waals surface area contributed by atoms with Crippen LogP contribution in [0.25, 0.3) is 0 Å². The summed E-state index contributed by atoms with van der Waals surface area (Å²) in [5, 5.41) is 3.57. The lowest BCUT2D eigenvalue weighted by atomic mass is 10.3. The molecule has 0 saturated heterocycles. The fourth-order valence-electron chi connectivity index (χ4n) is 1.14. The van der Waals surface area contributed by atoms with Crippen molar-refractivity contribution in [2.45, 2.75) is 6.54 Å². The van der Waals surface area contributed by atoms with Crippen LogP contribution in [-0.2, 0) is 6.54 Å². The maximum Gasteiger partial charge on any atom is 0.125 e. The molecule has 0 amide bonds. The Morgan fingerprint density at radius 3 is 3.07 bits per heavy atom. The summed E-state index contributed by atoms with van der Waals surface area (Å²) in [6.07, 6.45) is 1.77. The van der Waals surface area contributed by atoms with E-state index in [2.05, 4.69) is 10.3 Å². The van der Waals surface area contributed by atoms with Crippen molar-refractivity contribution in [1.82, 2.24) is 4.98 Å². The van der Waals surface area contributed by atoms with Gasteiger partial charge in [0.2, 0.25) is 0 Å². The molecule has 0 aliphatic carbocycles. The monoisotopic (exact) mass is 242 g/mol. The smallest absolute Gasteiger partial charge is 0.125 e. The maximum atomic E-state index is 12.9. The van der Waals surface area contributed by atoms with E-state index in [0.717, 1.165) is 4.88 Å². The van der Waals surface area contributed by atoms with Gasteiger partial charge in [0.25, 0.3) is 0 Å². The number of anilines is 1. The minimum atomic E-state index is -0.300. The predicted molar refractivity (Wildman–Crippen MR) is 60.9 cm³/mol. The van der Waals surface area contributed by atoms with Crippen LogP contribution in [0.3, 0.4) is 0 Å². The second kappa shape index (κ2) is 4.59. The SMILES string of the molecule is Fc1ccc(Cl)c(NCc2cncs2)c1.